The van der Waals surface area contributed by atoms with Gasteiger partial charge >= 0.3 is 0 Å². The molecular weight excluding hydrogens is 150 g/mol. The van der Waals surface area contributed by atoms with Gasteiger partial charge in [-0.05, 0) is 13.0 Å². The molecule has 0 aromatic carbocycles. The maximum Gasteiger partial charge on any atom is 0.153 e. The molecule has 0 spiro atoms. The lowest BCUT2D eigenvalue weighted by molar-refractivity contribution is 0.872. The highest BCUT2D eigenvalue weighted by atomic mass is 15.4. The Balaban J connectivity index is 0.000000561. The van der Waals surface area contributed by atoms with Crippen molar-refractivity contribution in [3.8, 4) is 0 Å². The van der Waals surface area contributed by atoms with Crippen LogP contribution in [0.15, 0.2) is 17.9 Å². The Hall–Kier alpha value is -1.38. The summed E-state index contributed by atoms with van der Waals surface area (Å²) in [4.78, 5) is 4.11. The van der Waals surface area contributed by atoms with Gasteiger partial charge < -0.3 is 0 Å². The average Bonchev–Trinajstić information content (AvgIpc) is 2.49. The second kappa shape index (κ2) is 5.29. The first kappa shape index (κ1) is 10.6. The molecule has 1 heterocycles. The molecule has 3 heteroatoms. The van der Waals surface area contributed by atoms with Crippen molar-refractivity contribution >= 4 is 12.8 Å². The van der Waals surface area contributed by atoms with Crippen LogP contribution in [0.4, 0.5) is 0 Å². The summed E-state index contributed by atoms with van der Waals surface area (Å²) in [6.45, 7) is 12.9. The predicted octanol–water partition coefficient (Wildman–Crippen LogP) is 2.32. The number of imidazole rings is 1. The zero-order chi connectivity index (χ0) is 9.56. The molecule has 0 saturated carbocycles. The van der Waals surface area contributed by atoms with E-state index in [4.69, 9.17) is 0 Å². The molecule has 0 N–H and O–H groups in total. The Morgan fingerprint density at radius 3 is 2.50 bits per heavy atom. The molecule has 1 aromatic heterocycles. The van der Waals surface area contributed by atoms with Crippen molar-refractivity contribution in [1.82, 2.24) is 9.66 Å². The minimum atomic E-state index is 0.729. The summed E-state index contributed by atoms with van der Waals surface area (Å²) in [5.41, 5.74) is 0.919. The molecule has 0 saturated heterocycles. The zero-order valence-corrected chi connectivity index (χ0v) is 7.91. The van der Waals surface area contributed by atoms with Crippen LogP contribution in [0.25, 0.3) is 6.08 Å². The number of hydrogen-bond donors (Lipinski definition) is 0. The summed E-state index contributed by atoms with van der Waals surface area (Å²) in [5.74, 6) is 0.729. The summed E-state index contributed by atoms with van der Waals surface area (Å²) in [7, 11) is 0. The lowest BCUT2D eigenvalue weighted by Gasteiger charge is -1.90. The number of aryl methyl sites for hydroxylation is 1. The molecular formula is C9H15N3. The van der Waals surface area contributed by atoms with E-state index in [1.807, 2.05) is 20.8 Å². The number of rotatable bonds is 2. The van der Waals surface area contributed by atoms with Crippen molar-refractivity contribution in [3.63, 3.8) is 0 Å². The lowest BCUT2D eigenvalue weighted by atomic mass is 10.6. The van der Waals surface area contributed by atoms with E-state index in [2.05, 4.69) is 23.4 Å². The van der Waals surface area contributed by atoms with E-state index in [-0.39, 0.29) is 0 Å². The first-order valence-corrected chi connectivity index (χ1v) is 3.93. The number of hydrogen-bond acceptors (Lipinski definition) is 2. The maximum atomic E-state index is 4.11. The fourth-order valence-electron chi connectivity index (χ4n) is 0.756. The van der Waals surface area contributed by atoms with Gasteiger partial charge in [0.2, 0.25) is 0 Å². The molecule has 0 fully saturated rings. The Morgan fingerprint density at radius 1 is 1.58 bits per heavy atom. The molecule has 3 nitrogen and oxygen atoms in total. The Kier molecular flexibility index (Phi) is 4.69. The third kappa shape index (κ3) is 2.34. The van der Waals surface area contributed by atoms with E-state index >= 15 is 0 Å². The molecule has 1 rings (SSSR count). The summed E-state index contributed by atoms with van der Waals surface area (Å²) in [6, 6.07) is 0. The van der Waals surface area contributed by atoms with Crippen LogP contribution in [0.3, 0.4) is 0 Å². The van der Waals surface area contributed by atoms with Gasteiger partial charge in [0.15, 0.2) is 5.82 Å². The van der Waals surface area contributed by atoms with Crippen LogP contribution in [-0.2, 0) is 0 Å². The van der Waals surface area contributed by atoms with Crippen molar-refractivity contribution in [3.05, 3.63) is 24.3 Å². The van der Waals surface area contributed by atoms with Gasteiger partial charge in [0, 0.05) is 6.72 Å². The summed E-state index contributed by atoms with van der Waals surface area (Å²) in [5, 5.41) is 3.70. The van der Waals surface area contributed by atoms with Crippen LogP contribution in [0.1, 0.15) is 25.4 Å². The lowest BCUT2D eigenvalue weighted by Crippen LogP contribution is -1.87. The van der Waals surface area contributed by atoms with Gasteiger partial charge in [-0.2, -0.15) is 5.10 Å². The van der Waals surface area contributed by atoms with Crippen molar-refractivity contribution in [1.29, 1.82) is 0 Å². The number of nitrogens with zero attached hydrogens (tertiary/aromatic N) is 3. The van der Waals surface area contributed by atoms with Gasteiger partial charge in [-0.3, -0.25) is 0 Å². The van der Waals surface area contributed by atoms with Crippen LogP contribution < -0.4 is 0 Å². The monoisotopic (exact) mass is 165 g/mol. The Morgan fingerprint density at radius 2 is 2.17 bits per heavy atom. The van der Waals surface area contributed by atoms with Gasteiger partial charge in [0.25, 0.3) is 0 Å². The molecule has 0 unspecified atom stereocenters. The predicted molar refractivity (Wildman–Crippen MR) is 53.4 cm³/mol. The van der Waals surface area contributed by atoms with Crippen LogP contribution in [0.5, 0.6) is 0 Å². The SMILES string of the molecule is C=Cc1nc(C)cn1N=C.CC. The fourth-order valence-corrected chi connectivity index (χ4v) is 0.756. The topological polar surface area (TPSA) is 30.2 Å². The Labute approximate surface area is 73.4 Å². The first-order valence-electron chi connectivity index (χ1n) is 3.93. The second-order valence-electron chi connectivity index (χ2n) is 1.93. The molecule has 0 bridgehead atoms. The van der Waals surface area contributed by atoms with Gasteiger partial charge in [-0.1, -0.05) is 20.4 Å². The standard InChI is InChI=1S/C7H9N3.C2H6/c1-4-7-9-6(2)5-10(7)8-3;1-2/h4-5H,1,3H2,2H3;1-2H3. The largest absolute Gasteiger partial charge is 0.232 e. The van der Waals surface area contributed by atoms with Gasteiger partial charge in [0.05, 0.1) is 11.9 Å². The molecule has 0 amide bonds. The van der Waals surface area contributed by atoms with Crippen molar-refractivity contribution < 1.29 is 0 Å². The average molecular weight is 165 g/mol. The quantitative estimate of drug-likeness (QED) is 0.618. The highest BCUT2D eigenvalue weighted by molar-refractivity contribution is 5.38. The van der Waals surface area contributed by atoms with E-state index in [9.17, 15) is 0 Å². The smallest absolute Gasteiger partial charge is 0.153 e. The molecule has 66 valence electrons. The summed E-state index contributed by atoms with van der Waals surface area (Å²) >= 11 is 0. The van der Waals surface area contributed by atoms with E-state index in [1.54, 1.807) is 16.9 Å². The van der Waals surface area contributed by atoms with Gasteiger partial charge in [-0.15, -0.1) is 0 Å². The molecule has 12 heavy (non-hydrogen) atoms. The van der Waals surface area contributed by atoms with E-state index in [1.165, 1.54) is 0 Å². The fraction of sp³-hybridized carbons (Fsp3) is 0.333. The van der Waals surface area contributed by atoms with Gasteiger partial charge in [0.1, 0.15) is 0 Å². The van der Waals surface area contributed by atoms with Crippen LogP contribution in [0.2, 0.25) is 0 Å². The third-order valence-electron chi connectivity index (χ3n) is 1.17. The van der Waals surface area contributed by atoms with E-state index < -0.39 is 0 Å². The molecule has 0 radical (unpaired) electrons. The Bertz CT molecular complexity index is 235. The zero-order valence-electron chi connectivity index (χ0n) is 7.91. The van der Waals surface area contributed by atoms with E-state index in [0.29, 0.717) is 0 Å². The van der Waals surface area contributed by atoms with E-state index in [0.717, 1.165) is 11.5 Å². The van der Waals surface area contributed by atoms with Crippen LogP contribution in [-0.4, -0.2) is 16.4 Å². The van der Waals surface area contributed by atoms with Crippen LogP contribution in [0, 0.1) is 6.92 Å². The minimum absolute atomic E-state index is 0.729. The highest BCUT2D eigenvalue weighted by Crippen LogP contribution is 2.01. The van der Waals surface area contributed by atoms with Crippen molar-refractivity contribution in [2.75, 3.05) is 0 Å². The summed E-state index contributed by atoms with van der Waals surface area (Å²) < 4.78 is 1.59. The second-order valence-corrected chi connectivity index (χ2v) is 1.93. The molecule has 0 aliphatic heterocycles. The first-order chi connectivity index (χ1) is 5.77. The van der Waals surface area contributed by atoms with Crippen molar-refractivity contribution in [2.24, 2.45) is 5.10 Å². The summed E-state index contributed by atoms with van der Waals surface area (Å²) in [6.07, 6.45) is 3.44. The number of aromatic nitrogens is 2. The molecule has 0 aliphatic carbocycles. The van der Waals surface area contributed by atoms with Gasteiger partial charge in [-0.25, -0.2) is 9.66 Å². The molecule has 1 aromatic rings. The van der Waals surface area contributed by atoms with Crippen LogP contribution >= 0.6 is 0 Å². The third-order valence-corrected chi connectivity index (χ3v) is 1.17. The highest BCUT2D eigenvalue weighted by Gasteiger charge is 1.97. The normalized spacial score (nSPS) is 8.25. The molecule has 0 aliphatic rings. The molecule has 0 atom stereocenters. The minimum Gasteiger partial charge on any atom is -0.232 e. The van der Waals surface area contributed by atoms with Crippen molar-refractivity contribution in [2.45, 2.75) is 20.8 Å². The maximum absolute atomic E-state index is 4.11.